The number of aryl methyl sites for hydroxylation is 1. The number of β-amino-alcohol motifs (C(OH)–C–C–N with tert-alkyl or cyclic N) is 1. The topological polar surface area (TPSA) is 139 Å². The van der Waals surface area contributed by atoms with Crippen molar-refractivity contribution >= 4 is 35.0 Å². The zero-order chi connectivity index (χ0) is 42.5. The molecule has 8 rings (SSSR count). The lowest BCUT2D eigenvalue weighted by Gasteiger charge is -2.40. The normalized spacial score (nSPS) is 17.0. The first-order chi connectivity index (χ1) is 29.5. The number of piperazine rings is 2. The van der Waals surface area contributed by atoms with Crippen LogP contribution in [0, 0.1) is 6.92 Å². The van der Waals surface area contributed by atoms with Crippen LogP contribution >= 0.6 is 0 Å². The van der Waals surface area contributed by atoms with Gasteiger partial charge >= 0.3 is 6.03 Å². The van der Waals surface area contributed by atoms with Gasteiger partial charge in [0.2, 0.25) is 5.91 Å². The van der Waals surface area contributed by atoms with Gasteiger partial charge in [0.1, 0.15) is 18.2 Å². The van der Waals surface area contributed by atoms with Gasteiger partial charge in [-0.05, 0) is 36.2 Å². The van der Waals surface area contributed by atoms with Gasteiger partial charge in [-0.2, -0.15) is 9.61 Å². The molecular weight excluding hydrogens is 773 g/mol. The lowest BCUT2D eigenvalue weighted by atomic mass is 10.0. The molecule has 0 spiro atoms. The van der Waals surface area contributed by atoms with Gasteiger partial charge in [0.15, 0.2) is 12.3 Å². The zero-order valence-electron chi connectivity index (χ0n) is 35.5. The van der Waals surface area contributed by atoms with E-state index in [1.165, 1.54) is 10.5 Å². The standard InChI is InChI=1S/C46H56N10O5/c1-34-44(36-10-5-4-6-11-36)45-47-40(31-42(55(45)49-34)52-22-18-50(19-23-52)26-28-57)37-12-7-9-35(29-37)16-27-56(2,3)33-51-20-24-53(25-21-51)43(59)32-61-39-14-8-13-38(30-39)54-17-15-41(58)48-46(54)60/h4-14,29-31,57H,15-28,32-33H2,1-3H3/p+1. The Kier molecular flexibility index (Phi) is 12.6. The van der Waals surface area contributed by atoms with Crippen LogP contribution in [-0.2, 0) is 16.0 Å². The molecular formula is C46H57N10O5+. The summed E-state index contributed by atoms with van der Waals surface area (Å²) in [5, 5.41) is 16.9. The third-order valence-electron chi connectivity index (χ3n) is 12.0. The predicted octanol–water partition coefficient (Wildman–Crippen LogP) is 3.73. The van der Waals surface area contributed by atoms with Gasteiger partial charge in [-0.1, -0.05) is 54.6 Å². The number of amides is 4. The second-order valence-electron chi connectivity index (χ2n) is 16.9. The molecule has 61 heavy (non-hydrogen) atoms. The maximum Gasteiger partial charge on any atom is 0.328 e. The molecule has 0 aliphatic carbocycles. The maximum absolute atomic E-state index is 13.2. The number of aromatic nitrogens is 3. The number of rotatable bonds is 14. The summed E-state index contributed by atoms with van der Waals surface area (Å²) >= 11 is 0. The predicted molar refractivity (Wildman–Crippen MR) is 235 cm³/mol. The summed E-state index contributed by atoms with van der Waals surface area (Å²) in [4.78, 5) is 52.8. The van der Waals surface area contributed by atoms with E-state index >= 15 is 0 Å². The third-order valence-corrected chi connectivity index (χ3v) is 12.0. The summed E-state index contributed by atoms with van der Waals surface area (Å²) in [6, 6.07) is 27.9. The van der Waals surface area contributed by atoms with Crippen molar-refractivity contribution in [1.82, 2.24) is 34.6 Å². The number of likely N-dealkylation sites (N-methyl/N-ethyl adjacent to an activating group) is 1. The van der Waals surface area contributed by atoms with Gasteiger partial charge in [-0.3, -0.25) is 29.6 Å². The van der Waals surface area contributed by atoms with Crippen molar-refractivity contribution in [1.29, 1.82) is 0 Å². The van der Waals surface area contributed by atoms with Gasteiger partial charge in [-0.25, -0.2) is 9.78 Å². The quantitative estimate of drug-likeness (QED) is 0.159. The minimum atomic E-state index is -0.459. The summed E-state index contributed by atoms with van der Waals surface area (Å²) in [6.45, 7) is 11.2. The van der Waals surface area contributed by atoms with Gasteiger partial charge in [0.05, 0.1) is 38.6 Å². The summed E-state index contributed by atoms with van der Waals surface area (Å²) < 4.78 is 8.69. The first-order valence-corrected chi connectivity index (χ1v) is 21.3. The molecule has 15 heteroatoms. The number of quaternary nitrogens is 1. The highest BCUT2D eigenvalue weighted by Crippen LogP contribution is 2.33. The van der Waals surface area contributed by atoms with E-state index < -0.39 is 6.03 Å². The average molecular weight is 830 g/mol. The van der Waals surface area contributed by atoms with Crippen molar-refractivity contribution < 1.29 is 28.7 Å². The lowest BCUT2D eigenvalue weighted by molar-refractivity contribution is -0.900. The monoisotopic (exact) mass is 829 g/mol. The van der Waals surface area contributed by atoms with Crippen LogP contribution in [-0.4, -0.2) is 163 Å². The third kappa shape index (κ3) is 9.86. The molecule has 5 aromatic rings. The van der Waals surface area contributed by atoms with E-state index in [1.54, 1.807) is 24.3 Å². The highest BCUT2D eigenvalue weighted by Gasteiger charge is 2.28. The second-order valence-corrected chi connectivity index (χ2v) is 16.9. The maximum atomic E-state index is 13.2. The number of hydrogen-bond donors (Lipinski definition) is 2. The Morgan fingerprint density at radius 1 is 0.836 bits per heavy atom. The van der Waals surface area contributed by atoms with Crippen molar-refractivity contribution in [2.24, 2.45) is 0 Å². The van der Waals surface area contributed by atoms with Crippen LogP contribution in [0.3, 0.4) is 0 Å². The zero-order valence-corrected chi connectivity index (χ0v) is 35.5. The van der Waals surface area contributed by atoms with E-state index in [2.05, 4.69) is 95.6 Å². The Bertz CT molecular complexity index is 2350. The largest absolute Gasteiger partial charge is 0.484 e. The number of hydrogen-bond acceptors (Lipinski definition) is 10. The van der Waals surface area contributed by atoms with Gasteiger partial charge in [0.25, 0.3) is 5.91 Å². The van der Waals surface area contributed by atoms with E-state index in [0.717, 1.165) is 103 Å². The molecule has 2 N–H and O–H groups in total. The van der Waals surface area contributed by atoms with Crippen molar-refractivity contribution in [3.8, 4) is 28.1 Å². The first-order valence-electron chi connectivity index (χ1n) is 21.3. The molecule has 0 atom stereocenters. The smallest absolute Gasteiger partial charge is 0.328 e. The Morgan fingerprint density at radius 2 is 1.57 bits per heavy atom. The van der Waals surface area contributed by atoms with Gasteiger partial charge < -0.3 is 24.1 Å². The minimum absolute atomic E-state index is 0.0685. The van der Waals surface area contributed by atoms with Crippen LogP contribution in [0.5, 0.6) is 5.75 Å². The molecule has 4 amide bonds. The molecule has 0 saturated carbocycles. The number of nitrogens with zero attached hydrogens (tertiary/aromatic N) is 9. The molecule has 3 aromatic carbocycles. The van der Waals surface area contributed by atoms with Crippen molar-refractivity contribution in [3.63, 3.8) is 0 Å². The van der Waals surface area contributed by atoms with E-state index in [4.69, 9.17) is 14.8 Å². The van der Waals surface area contributed by atoms with E-state index in [9.17, 15) is 19.5 Å². The number of imide groups is 1. The Hall–Kier alpha value is -5.87. The fourth-order valence-electron chi connectivity index (χ4n) is 8.62. The summed E-state index contributed by atoms with van der Waals surface area (Å²) in [5.74, 6) is 1.17. The number of urea groups is 1. The Balaban J connectivity index is 0.883. The van der Waals surface area contributed by atoms with E-state index in [1.807, 2.05) is 15.5 Å². The summed E-state index contributed by atoms with van der Waals surface area (Å²) in [6.07, 6.45) is 1.14. The number of aliphatic hydroxyl groups excluding tert-OH is 1. The molecule has 3 fully saturated rings. The second kappa shape index (κ2) is 18.4. The molecule has 3 aliphatic rings. The summed E-state index contributed by atoms with van der Waals surface area (Å²) in [7, 11) is 4.54. The van der Waals surface area contributed by atoms with Crippen LogP contribution in [0.2, 0.25) is 0 Å². The minimum Gasteiger partial charge on any atom is -0.484 e. The van der Waals surface area contributed by atoms with Crippen LogP contribution in [0.15, 0.2) is 84.9 Å². The van der Waals surface area contributed by atoms with E-state index in [0.29, 0.717) is 37.6 Å². The summed E-state index contributed by atoms with van der Waals surface area (Å²) in [5.41, 5.74) is 7.80. The molecule has 0 radical (unpaired) electrons. The van der Waals surface area contributed by atoms with Crippen molar-refractivity contribution in [2.45, 2.75) is 19.8 Å². The average Bonchev–Trinajstić information content (AvgIpc) is 3.61. The van der Waals surface area contributed by atoms with Crippen molar-refractivity contribution in [3.05, 3.63) is 96.2 Å². The molecule has 3 saturated heterocycles. The van der Waals surface area contributed by atoms with Crippen LogP contribution < -0.4 is 19.9 Å². The number of carbonyl (C=O) groups is 3. The number of ether oxygens (including phenoxy) is 1. The fourth-order valence-corrected chi connectivity index (χ4v) is 8.62. The van der Waals surface area contributed by atoms with Crippen LogP contribution in [0.4, 0.5) is 16.3 Å². The molecule has 15 nitrogen and oxygen atoms in total. The van der Waals surface area contributed by atoms with Crippen LogP contribution in [0.25, 0.3) is 28.0 Å². The van der Waals surface area contributed by atoms with Crippen molar-refractivity contribution in [2.75, 3.05) is 116 Å². The van der Waals surface area contributed by atoms with Gasteiger partial charge in [0, 0.05) is 107 Å². The number of nitrogens with one attached hydrogen (secondary N) is 1. The molecule has 320 valence electrons. The molecule has 5 heterocycles. The highest BCUT2D eigenvalue weighted by atomic mass is 16.5. The Labute approximate surface area is 357 Å². The molecule has 2 aromatic heterocycles. The van der Waals surface area contributed by atoms with E-state index in [-0.39, 0.29) is 31.4 Å². The highest BCUT2D eigenvalue weighted by molar-refractivity contribution is 6.05. The number of anilines is 2. The van der Waals surface area contributed by atoms with Gasteiger partial charge in [-0.15, -0.1) is 0 Å². The first kappa shape index (κ1) is 41.8. The fraction of sp³-hybridized carbons (Fsp3) is 0.413. The molecule has 0 bridgehead atoms. The van der Waals surface area contributed by atoms with Crippen LogP contribution in [0.1, 0.15) is 17.7 Å². The lowest BCUT2D eigenvalue weighted by Crippen LogP contribution is -2.56. The Morgan fingerprint density at radius 3 is 2.33 bits per heavy atom. The number of carbonyl (C=O) groups excluding carboxylic acids is 3. The number of fused-ring (bicyclic) bond motifs is 1. The number of benzene rings is 3. The molecule has 0 unspecified atom stereocenters. The SMILES string of the molecule is Cc1nn2c(N3CCN(CCO)CC3)cc(-c3cccc(CC[N+](C)(C)CN4CCN(C(=O)COc5cccc(N6CCC(=O)NC6=O)c5)CC4)c3)nc2c1-c1ccccc1. The number of aliphatic hydroxyl groups is 1. The molecule has 3 aliphatic heterocycles.